The summed E-state index contributed by atoms with van der Waals surface area (Å²) >= 11 is 0. The van der Waals surface area contributed by atoms with E-state index in [1.807, 2.05) is 0 Å². The molecule has 0 aromatic heterocycles. The maximum atomic E-state index is 2.36. The number of hydrogen-bond acceptors (Lipinski definition) is 0. The molecular weight excluding hydrogens is 156 g/mol. The summed E-state index contributed by atoms with van der Waals surface area (Å²) in [5.74, 6) is 1.70. The van der Waals surface area contributed by atoms with Gasteiger partial charge in [-0.05, 0) is 31.6 Å². The summed E-state index contributed by atoms with van der Waals surface area (Å²) < 4.78 is 0. The van der Waals surface area contributed by atoms with E-state index in [1.54, 1.807) is 5.92 Å². The fourth-order valence-corrected chi connectivity index (χ4v) is 1.94. The minimum absolute atomic E-state index is 1.30. The molecule has 0 aliphatic heterocycles. The Hall–Kier alpha value is -0.260. The van der Waals surface area contributed by atoms with E-state index in [2.05, 4.69) is 19.1 Å². The van der Waals surface area contributed by atoms with Crippen molar-refractivity contribution in [3.05, 3.63) is 18.1 Å². The van der Waals surface area contributed by atoms with Crippen LogP contribution in [0.3, 0.4) is 0 Å². The van der Waals surface area contributed by atoms with Gasteiger partial charge in [0.15, 0.2) is 0 Å². The average Bonchev–Trinajstić information content (AvgIpc) is 2.19. The molecule has 0 aromatic rings. The van der Waals surface area contributed by atoms with E-state index in [0.717, 1.165) is 0 Å². The second-order valence-corrected chi connectivity index (χ2v) is 4.12. The van der Waals surface area contributed by atoms with Crippen LogP contribution in [0.4, 0.5) is 0 Å². The maximum Gasteiger partial charge on any atom is -0.00272 e. The van der Waals surface area contributed by atoms with Crippen molar-refractivity contribution < 1.29 is 0 Å². The van der Waals surface area contributed by atoms with Crippen molar-refractivity contribution >= 4 is 0 Å². The Morgan fingerprint density at radius 1 is 1.15 bits per heavy atom. The quantitative estimate of drug-likeness (QED) is 0.520. The lowest BCUT2D eigenvalue weighted by atomic mass is 9.91. The van der Waals surface area contributed by atoms with Crippen molar-refractivity contribution in [2.24, 2.45) is 0 Å². The minimum Gasteiger partial charge on any atom is -0.0879 e. The van der Waals surface area contributed by atoms with Crippen LogP contribution in [0.25, 0.3) is 0 Å². The largest absolute Gasteiger partial charge is 0.0879 e. The monoisotopic (exact) mass is 179 g/mol. The SMILES string of the molecule is CCCCCCC[C]1C=CCCC1. The fraction of sp³-hybridized carbons (Fsp3) is 0.769. The first-order valence-corrected chi connectivity index (χ1v) is 5.94. The molecule has 1 radical (unpaired) electrons. The fourth-order valence-electron chi connectivity index (χ4n) is 1.94. The smallest absolute Gasteiger partial charge is 0.00272 e. The van der Waals surface area contributed by atoms with Crippen LogP contribution >= 0.6 is 0 Å². The number of allylic oxidation sites excluding steroid dienone is 2. The molecule has 0 nitrogen and oxygen atoms in total. The zero-order valence-corrected chi connectivity index (χ0v) is 9.02. The molecule has 0 bridgehead atoms. The molecule has 0 heteroatoms. The maximum absolute atomic E-state index is 2.36. The van der Waals surface area contributed by atoms with Crippen LogP contribution in [0.5, 0.6) is 0 Å². The van der Waals surface area contributed by atoms with Crippen LogP contribution in [0.2, 0.25) is 0 Å². The van der Waals surface area contributed by atoms with Crippen LogP contribution in [0.1, 0.15) is 64.7 Å². The molecule has 0 fully saturated rings. The zero-order chi connectivity index (χ0) is 9.36. The molecule has 0 heterocycles. The first-order chi connectivity index (χ1) is 6.43. The lowest BCUT2D eigenvalue weighted by Crippen LogP contribution is -1.97. The molecule has 75 valence electrons. The molecule has 1 rings (SSSR count). The Labute approximate surface area is 83.4 Å². The summed E-state index contributed by atoms with van der Waals surface area (Å²) in [5, 5.41) is 0. The van der Waals surface area contributed by atoms with Crippen LogP contribution in [0, 0.1) is 5.92 Å². The second kappa shape index (κ2) is 7.17. The molecule has 0 spiro atoms. The van der Waals surface area contributed by atoms with Crippen molar-refractivity contribution in [2.45, 2.75) is 64.7 Å². The van der Waals surface area contributed by atoms with Crippen LogP contribution in [-0.2, 0) is 0 Å². The third-order valence-electron chi connectivity index (χ3n) is 2.82. The third-order valence-corrected chi connectivity index (χ3v) is 2.82. The van der Waals surface area contributed by atoms with E-state index in [0.29, 0.717) is 0 Å². The molecule has 0 saturated carbocycles. The lowest BCUT2D eigenvalue weighted by Gasteiger charge is -2.14. The molecular formula is C13H23. The standard InChI is InChI=1S/C13H23/c1-2-3-4-5-7-10-13-11-8-6-9-12-13/h8,11H,2-7,9-10,12H2,1H3. The van der Waals surface area contributed by atoms with Gasteiger partial charge in [-0.1, -0.05) is 51.2 Å². The Morgan fingerprint density at radius 2 is 2.00 bits per heavy atom. The van der Waals surface area contributed by atoms with E-state index < -0.39 is 0 Å². The summed E-state index contributed by atoms with van der Waals surface area (Å²) in [6, 6.07) is 0. The molecule has 0 amide bonds. The Kier molecular flexibility index (Phi) is 5.97. The van der Waals surface area contributed by atoms with Crippen molar-refractivity contribution in [2.75, 3.05) is 0 Å². The number of hydrogen-bond donors (Lipinski definition) is 0. The summed E-state index contributed by atoms with van der Waals surface area (Å²) in [6.45, 7) is 2.28. The van der Waals surface area contributed by atoms with E-state index in [4.69, 9.17) is 0 Å². The molecule has 1 aliphatic rings. The highest BCUT2D eigenvalue weighted by molar-refractivity contribution is 5.12. The van der Waals surface area contributed by atoms with Crippen LogP contribution < -0.4 is 0 Å². The van der Waals surface area contributed by atoms with Gasteiger partial charge in [-0.2, -0.15) is 0 Å². The predicted octanol–water partition coefficient (Wildman–Crippen LogP) is 4.66. The lowest BCUT2D eigenvalue weighted by molar-refractivity contribution is 0.595. The molecule has 0 unspecified atom stereocenters. The van der Waals surface area contributed by atoms with Gasteiger partial charge in [0.05, 0.1) is 0 Å². The van der Waals surface area contributed by atoms with Gasteiger partial charge in [0, 0.05) is 0 Å². The summed E-state index contributed by atoms with van der Waals surface area (Å²) in [7, 11) is 0. The normalized spacial score (nSPS) is 17.9. The van der Waals surface area contributed by atoms with Crippen molar-refractivity contribution in [3.8, 4) is 0 Å². The minimum atomic E-state index is 1.30. The van der Waals surface area contributed by atoms with E-state index in [9.17, 15) is 0 Å². The van der Waals surface area contributed by atoms with E-state index >= 15 is 0 Å². The van der Waals surface area contributed by atoms with Gasteiger partial charge >= 0.3 is 0 Å². The zero-order valence-electron chi connectivity index (χ0n) is 9.02. The van der Waals surface area contributed by atoms with Gasteiger partial charge in [0.1, 0.15) is 0 Å². The van der Waals surface area contributed by atoms with Gasteiger partial charge in [0.25, 0.3) is 0 Å². The first-order valence-electron chi connectivity index (χ1n) is 5.94. The molecule has 0 aromatic carbocycles. The van der Waals surface area contributed by atoms with Gasteiger partial charge in [0.2, 0.25) is 0 Å². The van der Waals surface area contributed by atoms with Crippen LogP contribution in [0.15, 0.2) is 12.2 Å². The molecule has 0 N–H and O–H groups in total. The van der Waals surface area contributed by atoms with Gasteiger partial charge in [-0.25, -0.2) is 0 Å². The second-order valence-electron chi connectivity index (χ2n) is 4.12. The van der Waals surface area contributed by atoms with Gasteiger partial charge in [-0.3, -0.25) is 0 Å². The topological polar surface area (TPSA) is 0 Å². The summed E-state index contributed by atoms with van der Waals surface area (Å²) in [6.07, 6.45) is 17.2. The molecule has 0 saturated heterocycles. The third kappa shape index (κ3) is 5.13. The van der Waals surface area contributed by atoms with Crippen molar-refractivity contribution in [3.63, 3.8) is 0 Å². The van der Waals surface area contributed by atoms with Crippen LogP contribution in [-0.4, -0.2) is 0 Å². The Bertz CT molecular complexity index is 135. The number of unbranched alkanes of at least 4 members (excludes halogenated alkanes) is 4. The highest BCUT2D eigenvalue weighted by Gasteiger charge is 2.07. The first kappa shape index (κ1) is 10.8. The number of rotatable bonds is 6. The molecule has 13 heavy (non-hydrogen) atoms. The van der Waals surface area contributed by atoms with E-state index in [-0.39, 0.29) is 0 Å². The molecule has 1 aliphatic carbocycles. The Morgan fingerprint density at radius 3 is 2.69 bits per heavy atom. The Balaban J connectivity index is 1.92. The van der Waals surface area contributed by atoms with E-state index in [1.165, 1.54) is 57.8 Å². The van der Waals surface area contributed by atoms with Gasteiger partial charge in [-0.15, -0.1) is 0 Å². The summed E-state index contributed by atoms with van der Waals surface area (Å²) in [5.41, 5.74) is 0. The van der Waals surface area contributed by atoms with Crippen molar-refractivity contribution in [1.82, 2.24) is 0 Å². The summed E-state index contributed by atoms with van der Waals surface area (Å²) in [4.78, 5) is 0. The highest BCUT2D eigenvalue weighted by atomic mass is 14.1. The molecule has 0 atom stereocenters. The average molecular weight is 179 g/mol. The highest BCUT2D eigenvalue weighted by Crippen LogP contribution is 2.24. The van der Waals surface area contributed by atoms with Gasteiger partial charge < -0.3 is 0 Å². The predicted molar refractivity (Wildman–Crippen MR) is 59.6 cm³/mol. The van der Waals surface area contributed by atoms with Crippen molar-refractivity contribution in [1.29, 1.82) is 0 Å².